The first-order chi connectivity index (χ1) is 8.33. The number of hydrogen-bond acceptors (Lipinski definition) is 5. The number of rotatable bonds is 6. The summed E-state index contributed by atoms with van der Waals surface area (Å²) >= 11 is 0. The van der Waals surface area contributed by atoms with Crippen LogP contribution in [-0.4, -0.2) is 24.2 Å². The van der Waals surface area contributed by atoms with E-state index >= 15 is 0 Å². The van der Waals surface area contributed by atoms with Crippen molar-refractivity contribution in [2.75, 3.05) is 13.7 Å². The summed E-state index contributed by atoms with van der Waals surface area (Å²) in [7, 11) is 1.40. The molecule has 0 aliphatic rings. The second kappa shape index (κ2) is 5.79. The number of nitrogens with two attached hydrogens (primary N) is 1. The fraction of sp³-hybridized carbons (Fsp3) is 0.500. The molecule has 1 aromatic rings. The van der Waals surface area contributed by atoms with Crippen LogP contribution < -0.4 is 10.5 Å². The SMILES string of the molecule is COc1ccc(COCC(C)(C)N)cc1[N+](=O)[O-]. The third-order valence-electron chi connectivity index (χ3n) is 2.18. The Morgan fingerprint density at radius 1 is 1.44 bits per heavy atom. The molecule has 0 bridgehead atoms. The van der Waals surface area contributed by atoms with Gasteiger partial charge < -0.3 is 15.2 Å². The van der Waals surface area contributed by atoms with Crippen LogP contribution in [0.25, 0.3) is 0 Å². The van der Waals surface area contributed by atoms with E-state index in [1.54, 1.807) is 12.1 Å². The Balaban J connectivity index is 2.73. The Bertz CT molecular complexity index is 427. The highest BCUT2D eigenvalue weighted by molar-refractivity contribution is 5.48. The zero-order chi connectivity index (χ0) is 13.8. The summed E-state index contributed by atoms with van der Waals surface area (Å²) in [6.45, 7) is 4.37. The van der Waals surface area contributed by atoms with Crippen LogP contribution in [0.3, 0.4) is 0 Å². The highest BCUT2D eigenvalue weighted by Crippen LogP contribution is 2.27. The molecular formula is C12H18N2O4. The average Bonchev–Trinajstić information content (AvgIpc) is 2.27. The molecule has 0 heterocycles. The summed E-state index contributed by atoms with van der Waals surface area (Å²) in [5.41, 5.74) is 6.00. The lowest BCUT2D eigenvalue weighted by Gasteiger charge is -2.18. The van der Waals surface area contributed by atoms with Crippen molar-refractivity contribution in [3.05, 3.63) is 33.9 Å². The van der Waals surface area contributed by atoms with Crippen LogP contribution in [0.1, 0.15) is 19.4 Å². The zero-order valence-corrected chi connectivity index (χ0v) is 10.8. The van der Waals surface area contributed by atoms with Gasteiger partial charge in [0.25, 0.3) is 0 Å². The molecule has 0 saturated heterocycles. The number of nitro benzene ring substituents is 1. The molecule has 0 spiro atoms. The van der Waals surface area contributed by atoms with Crippen molar-refractivity contribution in [2.24, 2.45) is 5.73 Å². The third kappa shape index (κ3) is 4.31. The zero-order valence-electron chi connectivity index (χ0n) is 10.8. The first-order valence-electron chi connectivity index (χ1n) is 5.51. The minimum atomic E-state index is -0.477. The Morgan fingerprint density at radius 2 is 2.11 bits per heavy atom. The molecule has 100 valence electrons. The number of ether oxygens (including phenoxy) is 2. The molecule has 6 heteroatoms. The van der Waals surface area contributed by atoms with Gasteiger partial charge in [0.15, 0.2) is 5.75 Å². The van der Waals surface area contributed by atoms with Crippen LogP contribution in [0.2, 0.25) is 0 Å². The van der Waals surface area contributed by atoms with Crippen molar-refractivity contribution in [1.82, 2.24) is 0 Å². The van der Waals surface area contributed by atoms with Crippen LogP contribution in [0.4, 0.5) is 5.69 Å². The molecule has 1 rings (SSSR count). The third-order valence-corrected chi connectivity index (χ3v) is 2.18. The van der Waals surface area contributed by atoms with E-state index in [1.165, 1.54) is 13.2 Å². The topological polar surface area (TPSA) is 87.6 Å². The van der Waals surface area contributed by atoms with Crippen LogP contribution in [0, 0.1) is 10.1 Å². The van der Waals surface area contributed by atoms with Gasteiger partial charge in [-0.05, 0) is 25.5 Å². The van der Waals surface area contributed by atoms with Gasteiger partial charge >= 0.3 is 5.69 Å². The minimum absolute atomic E-state index is 0.0643. The Morgan fingerprint density at radius 3 is 2.61 bits per heavy atom. The van der Waals surface area contributed by atoms with E-state index < -0.39 is 10.5 Å². The Kier molecular flexibility index (Phi) is 4.63. The predicted octanol–water partition coefficient (Wildman–Crippen LogP) is 1.86. The molecule has 0 aliphatic heterocycles. The Hall–Kier alpha value is -1.66. The van der Waals surface area contributed by atoms with Crippen LogP contribution >= 0.6 is 0 Å². The maximum Gasteiger partial charge on any atom is 0.311 e. The van der Waals surface area contributed by atoms with Gasteiger partial charge in [0.05, 0.1) is 25.2 Å². The number of hydrogen-bond donors (Lipinski definition) is 1. The van der Waals surface area contributed by atoms with E-state index in [0.717, 1.165) is 0 Å². The number of nitro groups is 1. The van der Waals surface area contributed by atoms with Crippen molar-refractivity contribution >= 4 is 5.69 Å². The number of nitrogens with zero attached hydrogens (tertiary/aromatic N) is 1. The van der Waals surface area contributed by atoms with E-state index in [2.05, 4.69) is 0 Å². The predicted molar refractivity (Wildman–Crippen MR) is 67.6 cm³/mol. The molecule has 0 unspecified atom stereocenters. The van der Waals surface area contributed by atoms with E-state index in [4.69, 9.17) is 15.2 Å². The summed E-state index contributed by atoms with van der Waals surface area (Å²) in [5, 5.41) is 10.8. The van der Waals surface area contributed by atoms with E-state index in [-0.39, 0.29) is 18.0 Å². The summed E-state index contributed by atoms with van der Waals surface area (Å²) in [5.74, 6) is 0.239. The normalized spacial score (nSPS) is 11.3. The molecule has 2 N–H and O–H groups in total. The molecule has 0 saturated carbocycles. The molecule has 0 fully saturated rings. The quantitative estimate of drug-likeness (QED) is 0.618. The molecule has 0 amide bonds. The van der Waals surface area contributed by atoms with Gasteiger partial charge in [-0.25, -0.2) is 0 Å². The van der Waals surface area contributed by atoms with Crippen LogP contribution in [0.15, 0.2) is 18.2 Å². The lowest BCUT2D eigenvalue weighted by Crippen LogP contribution is -2.37. The van der Waals surface area contributed by atoms with Gasteiger partial charge in [0.2, 0.25) is 0 Å². The average molecular weight is 254 g/mol. The molecular weight excluding hydrogens is 236 g/mol. The summed E-state index contributed by atoms with van der Waals surface area (Å²) in [6.07, 6.45) is 0. The van der Waals surface area contributed by atoms with E-state index in [0.29, 0.717) is 12.2 Å². The standard InChI is InChI=1S/C12H18N2O4/c1-12(2,13)8-18-7-9-4-5-11(17-3)10(6-9)14(15)16/h4-6H,7-8,13H2,1-3H3. The molecule has 0 radical (unpaired) electrons. The first-order valence-corrected chi connectivity index (χ1v) is 5.51. The fourth-order valence-corrected chi connectivity index (χ4v) is 1.40. The van der Waals surface area contributed by atoms with Crippen molar-refractivity contribution < 1.29 is 14.4 Å². The largest absolute Gasteiger partial charge is 0.490 e. The first kappa shape index (κ1) is 14.4. The Labute approximate surface area is 106 Å². The monoisotopic (exact) mass is 254 g/mol. The fourth-order valence-electron chi connectivity index (χ4n) is 1.40. The second-order valence-electron chi connectivity index (χ2n) is 4.74. The van der Waals surface area contributed by atoms with Crippen molar-refractivity contribution in [1.29, 1.82) is 0 Å². The van der Waals surface area contributed by atoms with Gasteiger partial charge in [0.1, 0.15) is 0 Å². The van der Waals surface area contributed by atoms with Gasteiger partial charge in [0, 0.05) is 11.6 Å². The summed E-state index contributed by atoms with van der Waals surface area (Å²) in [6, 6.07) is 4.74. The maximum atomic E-state index is 10.8. The van der Waals surface area contributed by atoms with E-state index in [9.17, 15) is 10.1 Å². The highest BCUT2D eigenvalue weighted by atomic mass is 16.6. The lowest BCUT2D eigenvalue weighted by atomic mass is 10.1. The molecule has 1 aromatic carbocycles. The van der Waals surface area contributed by atoms with Crippen LogP contribution in [-0.2, 0) is 11.3 Å². The maximum absolute atomic E-state index is 10.8. The minimum Gasteiger partial charge on any atom is -0.490 e. The van der Waals surface area contributed by atoms with E-state index in [1.807, 2.05) is 13.8 Å². The summed E-state index contributed by atoms with van der Waals surface area (Å²) in [4.78, 5) is 10.4. The van der Waals surface area contributed by atoms with Gasteiger partial charge in [-0.1, -0.05) is 6.07 Å². The number of methoxy groups -OCH3 is 1. The van der Waals surface area contributed by atoms with Gasteiger partial charge in [-0.15, -0.1) is 0 Å². The lowest BCUT2D eigenvalue weighted by molar-refractivity contribution is -0.385. The smallest absolute Gasteiger partial charge is 0.311 e. The molecule has 0 atom stereocenters. The van der Waals surface area contributed by atoms with Gasteiger partial charge in [-0.3, -0.25) is 10.1 Å². The molecule has 18 heavy (non-hydrogen) atoms. The highest BCUT2D eigenvalue weighted by Gasteiger charge is 2.16. The molecule has 6 nitrogen and oxygen atoms in total. The van der Waals surface area contributed by atoms with Crippen molar-refractivity contribution in [3.63, 3.8) is 0 Å². The van der Waals surface area contributed by atoms with Crippen LogP contribution in [0.5, 0.6) is 5.75 Å². The van der Waals surface area contributed by atoms with Crippen molar-refractivity contribution in [3.8, 4) is 5.75 Å². The molecule has 0 aliphatic carbocycles. The molecule has 0 aromatic heterocycles. The number of benzene rings is 1. The summed E-state index contributed by atoms with van der Waals surface area (Å²) < 4.78 is 10.3. The second-order valence-corrected chi connectivity index (χ2v) is 4.74. The van der Waals surface area contributed by atoms with Crippen molar-refractivity contribution in [2.45, 2.75) is 26.0 Å². The van der Waals surface area contributed by atoms with Gasteiger partial charge in [-0.2, -0.15) is 0 Å².